The summed E-state index contributed by atoms with van der Waals surface area (Å²) in [4.78, 5) is 12.0. The second-order valence-electron chi connectivity index (χ2n) is 9.75. The van der Waals surface area contributed by atoms with Crippen LogP contribution in [0.5, 0.6) is 5.75 Å². The van der Waals surface area contributed by atoms with Gasteiger partial charge in [0.2, 0.25) is 5.91 Å². The normalized spacial score (nSPS) is 11.9. The minimum absolute atomic E-state index is 0.0700. The van der Waals surface area contributed by atoms with E-state index in [1.807, 2.05) is 30.3 Å². The van der Waals surface area contributed by atoms with Crippen LogP contribution in [0.2, 0.25) is 0 Å². The van der Waals surface area contributed by atoms with Crippen LogP contribution in [-0.2, 0) is 22.0 Å². The van der Waals surface area contributed by atoms with E-state index < -0.39 is 0 Å². The van der Waals surface area contributed by atoms with Gasteiger partial charge in [-0.25, -0.2) is 0 Å². The number of ether oxygens (including phenoxy) is 1. The summed E-state index contributed by atoms with van der Waals surface area (Å²) < 4.78 is 6.22. The van der Waals surface area contributed by atoms with Gasteiger partial charge in [-0.2, -0.15) is 0 Å². The summed E-state index contributed by atoms with van der Waals surface area (Å²) in [5, 5.41) is 3.01. The molecule has 0 fully saturated rings. The first kappa shape index (κ1) is 25.0. The lowest BCUT2D eigenvalue weighted by molar-refractivity contribution is -0.120. The summed E-state index contributed by atoms with van der Waals surface area (Å²) >= 11 is 0. The van der Waals surface area contributed by atoms with Crippen molar-refractivity contribution in [2.75, 3.05) is 13.2 Å². The highest BCUT2D eigenvalue weighted by Gasteiger charge is 2.26. The molecule has 2 aromatic carbocycles. The second kappa shape index (κ2) is 11.4. The zero-order valence-electron chi connectivity index (χ0n) is 20.4. The third-order valence-electron chi connectivity index (χ3n) is 6.62. The van der Waals surface area contributed by atoms with Crippen molar-refractivity contribution in [1.82, 2.24) is 5.32 Å². The monoisotopic (exact) mass is 423 g/mol. The Morgan fingerprint density at radius 3 is 2.23 bits per heavy atom. The minimum atomic E-state index is 0.0700. The Balaban J connectivity index is 1.86. The molecule has 0 aliphatic rings. The Kier molecular flexibility index (Phi) is 9.15. The van der Waals surface area contributed by atoms with Gasteiger partial charge in [0.1, 0.15) is 5.75 Å². The van der Waals surface area contributed by atoms with Gasteiger partial charge in [-0.1, -0.05) is 84.0 Å². The van der Waals surface area contributed by atoms with E-state index in [4.69, 9.17) is 4.74 Å². The first-order valence-corrected chi connectivity index (χ1v) is 11.8. The van der Waals surface area contributed by atoms with Gasteiger partial charge in [-0.15, -0.1) is 0 Å². The van der Waals surface area contributed by atoms with E-state index >= 15 is 0 Å². The van der Waals surface area contributed by atoms with E-state index in [1.165, 1.54) is 11.1 Å². The molecule has 1 N–H and O–H groups in total. The molecule has 0 aromatic heterocycles. The van der Waals surface area contributed by atoms with Crippen LogP contribution in [0.3, 0.4) is 0 Å². The van der Waals surface area contributed by atoms with Gasteiger partial charge < -0.3 is 10.1 Å². The lowest BCUT2D eigenvalue weighted by atomic mass is 9.76. The number of carbonyl (C=O) groups is 1. The van der Waals surface area contributed by atoms with E-state index in [2.05, 4.69) is 65.1 Å². The van der Waals surface area contributed by atoms with Gasteiger partial charge in [-0.3, -0.25) is 4.79 Å². The van der Waals surface area contributed by atoms with Crippen molar-refractivity contribution in [3.05, 3.63) is 65.2 Å². The lowest BCUT2D eigenvalue weighted by Crippen LogP contribution is -2.26. The van der Waals surface area contributed by atoms with E-state index in [9.17, 15) is 4.79 Å². The van der Waals surface area contributed by atoms with Crippen LogP contribution >= 0.6 is 0 Å². The molecule has 0 atom stereocenters. The molecule has 0 heterocycles. The van der Waals surface area contributed by atoms with E-state index in [0.29, 0.717) is 19.6 Å². The van der Waals surface area contributed by atoms with Gasteiger partial charge in [-0.05, 0) is 53.7 Å². The average Bonchev–Trinajstić information content (AvgIpc) is 2.76. The smallest absolute Gasteiger partial charge is 0.224 e. The van der Waals surface area contributed by atoms with Crippen molar-refractivity contribution in [2.24, 2.45) is 0 Å². The molecule has 0 aliphatic heterocycles. The molecule has 2 rings (SSSR count). The summed E-state index contributed by atoms with van der Waals surface area (Å²) in [5.74, 6) is 1.07. The largest absolute Gasteiger partial charge is 0.493 e. The maximum Gasteiger partial charge on any atom is 0.224 e. The highest BCUT2D eigenvalue weighted by molar-refractivity contribution is 5.78. The van der Waals surface area contributed by atoms with Crippen LogP contribution in [0, 0.1) is 0 Å². The topological polar surface area (TPSA) is 38.3 Å². The van der Waals surface area contributed by atoms with Gasteiger partial charge >= 0.3 is 0 Å². The Morgan fingerprint density at radius 1 is 0.903 bits per heavy atom. The maximum absolute atomic E-state index is 12.0. The molecule has 1 amide bonds. The number of rotatable bonds is 12. The van der Waals surface area contributed by atoms with Gasteiger partial charge in [0.25, 0.3) is 0 Å². The van der Waals surface area contributed by atoms with E-state index in [-0.39, 0.29) is 16.7 Å². The van der Waals surface area contributed by atoms with Crippen LogP contribution in [0.4, 0.5) is 0 Å². The molecule has 0 aliphatic carbocycles. The number of carbonyl (C=O) groups excluding carboxylic acids is 1. The van der Waals surface area contributed by atoms with Crippen molar-refractivity contribution in [3.8, 4) is 5.75 Å². The Hall–Kier alpha value is -2.29. The van der Waals surface area contributed by atoms with Crippen molar-refractivity contribution in [2.45, 2.75) is 84.5 Å². The summed E-state index contributed by atoms with van der Waals surface area (Å²) in [6, 6.07) is 16.6. The minimum Gasteiger partial charge on any atom is -0.493 e. The molecule has 0 radical (unpaired) electrons. The van der Waals surface area contributed by atoms with Crippen molar-refractivity contribution in [1.29, 1.82) is 0 Å². The molecular formula is C28H41NO2. The average molecular weight is 424 g/mol. The fraction of sp³-hybridized carbons (Fsp3) is 0.536. The predicted octanol–water partition coefficient (Wildman–Crippen LogP) is 6.58. The molecule has 0 spiro atoms. The molecule has 31 heavy (non-hydrogen) atoms. The summed E-state index contributed by atoms with van der Waals surface area (Å²) in [6.07, 6.45) is 4.43. The predicted molar refractivity (Wildman–Crippen MR) is 131 cm³/mol. The van der Waals surface area contributed by atoms with E-state index in [0.717, 1.165) is 37.0 Å². The SMILES string of the molecule is CCC(C)(C)c1ccc(OCCCCNC(=O)Cc2ccccc2)c(C(C)(C)CC)c1. The first-order chi connectivity index (χ1) is 14.7. The zero-order chi connectivity index (χ0) is 22.9. The highest BCUT2D eigenvalue weighted by Crippen LogP contribution is 2.38. The number of hydrogen-bond acceptors (Lipinski definition) is 2. The summed E-state index contributed by atoms with van der Waals surface area (Å²) in [5.41, 5.74) is 3.95. The second-order valence-corrected chi connectivity index (χ2v) is 9.75. The molecular weight excluding hydrogens is 382 g/mol. The number of unbranched alkanes of at least 4 members (excludes halogenated alkanes) is 1. The standard InChI is InChI=1S/C28H41NO2/c1-7-27(3,4)23-16-17-25(24(21-23)28(5,6)8-2)31-19-13-12-18-29-26(30)20-22-14-10-9-11-15-22/h9-11,14-17,21H,7-8,12-13,18-20H2,1-6H3,(H,29,30). The molecule has 0 saturated heterocycles. The van der Waals surface area contributed by atoms with Crippen LogP contribution in [-0.4, -0.2) is 19.1 Å². The third kappa shape index (κ3) is 7.41. The Labute approximate surface area is 189 Å². The number of amides is 1. The van der Waals surface area contributed by atoms with Crippen molar-refractivity contribution >= 4 is 5.91 Å². The van der Waals surface area contributed by atoms with Gasteiger partial charge in [0.15, 0.2) is 0 Å². The Morgan fingerprint density at radius 2 is 1.58 bits per heavy atom. The van der Waals surface area contributed by atoms with Crippen LogP contribution in [0.15, 0.2) is 48.5 Å². The molecule has 0 saturated carbocycles. The maximum atomic E-state index is 12.0. The number of benzene rings is 2. The van der Waals surface area contributed by atoms with E-state index in [1.54, 1.807) is 0 Å². The summed E-state index contributed by atoms with van der Waals surface area (Å²) in [6.45, 7) is 15.0. The van der Waals surface area contributed by atoms with Crippen LogP contribution in [0.25, 0.3) is 0 Å². The molecule has 170 valence electrons. The Bertz CT molecular complexity index is 824. The fourth-order valence-electron chi connectivity index (χ4n) is 3.48. The first-order valence-electron chi connectivity index (χ1n) is 11.8. The van der Waals surface area contributed by atoms with Crippen molar-refractivity contribution in [3.63, 3.8) is 0 Å². The van der Waals surface area contributed by atoms with Crippen LogP contribution in [0.1, 0.15) is 83.9 Å². The fourth-order valence-corrected chi connectivity index (χ4v) is 3.48. The highest BCUT2D eigenvalue weighted by atomic mass is 16.5. The van der Waals surface area contributed by atoms with Gasteiger partial charge in [0, 0.05) is 12.1 Å². The zero-order valence-corrected chi connectivity index (χ0v) is 20.4. The lowest BCUT2D eigenvalue weighted by Gasteiger charge is -2.30. The summed E-state index contributed by atoms with van der Waals surface area (Å²) in [7, 11) is 0. The molecule has 3 nitrogen and oxygen atoms in total. The van der Waals surface area contributed by atoms with Gasteiger partial charge in [0.05, 0.1) is 13.0 Å². The molecule has 3 heteroatoms. The molecule has 0 bridgehead atoms. The van der Waals surface area contributed by atoms with Crippen molar-refractivity contribution < 1.29 is 9.53 Å². The third-order valence-corrected chi connectivity index (χ3v) is 6.62. The van der Waals surface area contributed by atoms with Crippen LogP contribution < -0.4 is 10.1 Å². The molecule has 2 aromatic rings. The number of hydrogen-bond donors (Lipinski definition) is 1. The quantitative estimate of drug-likeness (QED) is 0.392. The number of nitrogens with one attached hydrogen (secondary N) is 1. The molecule has 0 unspecified atom stereocenters.